The van der Waals surface area contributed by atoms with Gasteiger partial charge in [-0.25, -0.2) is 13.1 Å². The first-order chi connectivity index (χ1) is 11.9. The highest BCUT2D eigenvalue weighted by atomic mass is 35.5. The van der Waals surface area contributed by atoms with Gasteiger partial charge in [0.2, 0.25) is 0 Å². The number of aryl methyl sites for hydroxylation is 1. The fourth-order valence-electron chi connectivity index (χ4n) is 2.47. The number of benzene rings is 1. The van der Waals surface area contributed by atoms with Gasteiger partial charge in [-0.15, -0.1) is 0 Å². The molecule has 0 fully saturated rings. The number of nitrogens with zero attached hydrogens (tertiary/aromatic N) is 4. The second-order valence-electron chi connectivity index (χ2n) is 5.68. The normalized spacial score (nSPS) is 12.9. The van der Waals surface area contributed by atoms with E-state index in [1.807, 2.05) is 30.3 Å². The largest absolute Gasteiger partial charge is 0.261 e. The molecule has 0 unspecified atom stereocenters. The van der Waals surface area contributed by atoms with Crippen molar-refractivity contribution in [3.05, 3.63) is 71.0 Å². The Balaban J connectivity index is 1.94. The summed E-state index contributed by atoms with van der Waals surface area (Å²) in [4.78, 5) is 8.02. The molecule has 0 amide bonds. The second kappa shape index (κ2) is 6.93. The first kappa shape index (κ1) is 17.6. The van der Waals surface area contributed by atoms with Gasteiger partial charge in [-0.3, -0.25) is 9.97 Å². The van der Waals surface area contributed by atoms with Crippen LogP contribution in [0.15, 0.2) is 48.9 Å². The van der Waals surface area contributed by atoms with Gasteiger partial charge in [-0.05, 0) is 26.0 Å². The second-order valence-corrected chi connectivity index (χ2v) is 8.36. The van der Waals surface area contributed by atoms with Crippen molar-refractivity contribution in [2.45, 2.75) is 24.9 Å². The molecule has 1 aromatic carbocycles. The number of para-hydroxylation sites is 1. The van der Waals surface area contributed by atoms with Gasteiger partial charge in [0.1, 0.15) is 10.4 Å². The molecule has 6 nitrogen and oxygen atoms in total. The van der Waals surface area contributed by atoms with Gasteiger partial charge in [0, 0.05) is 24.2 Å². The van der Waals surface area contributed by atoms with Gasteiger partial charge in [0.25, 0.3) is 0 Å². The molecule has 8 heteroatoms. The lowest BCUT2D eigenvalue weighted by Gasteiger charge is -2.12. The molecule has 130 valence electrons. The van der Waals surface area contributed by atoms with Crippen LogP contribution in [-0.4, -0.2) is 28.2 Å². The molecule has 25 heavy (non-hydrogen) atoms. The zero-order chi connectivity index (χ0) is 18.0. The van der Waals surface area contributed by atoms with Gasteiger partial charge in [0.15, 0.2) is 9.84 Å². The smallest absolute Gasteiger partial charge is 0.162 e. The van der Waals surface area contributed by atoms with Crippen LogP contribution in [-0.2, 0) is 15.6 Å². The van der Waals surface area contributed by atoms with Crippen LogP contribution in [0.1, 0.15) is 29.1 Å². The fourth-order valence-corrected chi connectivity index (χ4v) is 4.37. The Labute approximate surface area is 151 Å². The van der Waals surface area contributed by atoms with Crippen LogP contribution in [0.3, 0.4) is 0 Å². The third kappa shape index (κ3) is 3.57. The summed E-state index contributed by atoms with van der Waals surface area (Å²) in [5.74, 6) is -0.206. The van der Waals surface area contributed by atoms with E-state index in [0.29, 0.717) is 22.1 Å². The van der Waals surface area contributed by atoms with E-state index in [-0.39, 0.29) is 5.75 Å². The Kier molecular flexibility index (Phi) is 4.87. The van der Waals surface area contributed by atoms with Gasteiger partial charge in [-0.1, -0.05) is 29.8 Å². The van der Waals surface area contributed by atoms with Crippen molar-refractivity contribution in [3.8, 4) is 5.69 Å². The molecule has 3 rings (SSSR count). The van der Waals surface area contributed by atoms with Gasteiger partial charge < -0.3 is 0 Å². The number of rotatable bonds is 5. The topological polar surface area (TPSA) is 77.7 Å². The van der Waals surface area contributed by atoms with Crippen LogP contribution < -0.4 is 0 Å². The Hall–Kier alpha value is -2.25. The molecule has 0 radical (unpaired) electrons. The Morgan fingerprint density at radius 2 is 1.92 bits per heavy atom. The maximum atomic E-state index is 12.8. The van der Waals surface area contributed by atoms with Crippen molar-refractivity contribution in [2.24, 2.45) is 0 Å². The number of hydrogen-bond acceptors (Lipinski definition) is 5. The van der Waals surface area contributed by atoms with Crippen LogP contribution >= 0.6 is 11.6 Å². The van der Waals surface area contributed by atoms with Crippen molar-refractivity contribution < 1.29 is 8.42 Å². The maximum absolute atomic E-state index is 12.8. The van der Waals surface area contributed by atoms with Crippen LogP contribution in [0, 0.1) is 6.92 Å². The monoisotopic (exact) mass is 376 g/mol. The summed E-state index contributed by atoms with van der Waals surface area (Å²) in [5.41, 5.74) is 2.28. The summed E-state index contributed by atoms with van der Waals surface area (Å²) in [7, 11) is -3.52. The summed E-state index contributed by atoms with van der Waals surface area (Å²) in [6, 6.07) is 9.35. The van der Waals surface area contributed by atoms with E-state index < -0.39 is 15.1 Å². The van der Waals surface area contributed by atoms with Crippen LogP contribution in [0.4, 0.5) is 0 Å². The minimum atomic E-state index is -3.52. The molecule has 3 aromatic rings. The average Bonchev–Trinajstić information content (AvgIpc) is 2.90. The first-order valence-corrected chi connectivity index (χ1v) is 9.76. The minimum absolute atomic E-state index is 0.206. The van der Waals surface area contributed by atoms with Gasteiger partial charge in [-0.2, -0.15) is 5.10 Å². The number of sulfone groups is 1. The summed E-state index contributed by atoms with van der Waals surface area (Å²) >= 11 is 6.43. The highest BCUT2D eigenvalue weighted by Gasteiger charge is 2.28. The highest BCUT2D eigenvalue weighted by Crippen LogP contribution is 2.29. The zero-order valence-electron chi connectivity index (χ0n) is 13.8. The maximum Gasteiger partial charge on any atom is 0.162 e. The van der Waals surface area contributed by atoms with E-state index in [4.69, 9.17) is 11.6 Å². The zero-order valence-corrected chi connectivity index (χ0v) is 15.4. The van der Waals surface area contributed by atoms with E-state index >= 15 is 0 Å². The van der Waals surface area contributed by atoms with E-state index in [0.717, 1.165) is 5.69 Å². The number of hydrogen-bond donors (Lipinski definition) is 0. The predicted octanol–water partition coefficient (Wildman–Crippen LogP) is 3.30. The van der Waals surface area contributed by atoms with Crippen LogP contribution in [0.2, 0.25) is 5.15 Å². The molecule has 2 heterocycles. The van der Waals surface area contributed by atoms with Crippen molar-refractivity contribution in [1.29, 1.82) is 0 Å². The third-order valence-corrected chi connectivity index (χ3v) is 6.40. The third-order valence-electron chi connectivity index (χ3n) is 4.01. The first-order valence-electron chi connectivity index (χ1n) is 7.67. The van der Waals surface area contributed by atoms with E-state index in [1.165, 1.54) is 18.6 Å². The van der Waals surface area contributed by atoms with Gasteiger partial charge in [0.05, 0.1) is 22.8 Å². The summed E-state index contributed by atoms with van der Waals surface area (Å²) in [6.07, 6.45) is 4.45. The molecule has 2 aromatic heterocycles. The molecule has 0 aliphatic carbocycles. The van der Waals surface area contributed by atoms with Crippen LogP contribution in [0.5, 0.6) is 0 Å². The quantitative estimate of drug-likeness (QED) is 0.682. The SMILES string of the molecule is Cc1nn(-c2ccccc2)c(Cl)c1CS(=O)(=O)[C@@H](C)c1cnccn1. The number of halogens is 1. The van der Waals surface area contributed by atoms with E-state index in [1.54, 1.807) is 18.5 Å². The lowest BCUT2D eigenvalue weighted by molar-refractivity contribution is 0.583. The molecule has 0 aliphatic rings. The molecular formula is C17H17ClN4O2S. The highest BCUT2D eigenvalue weighted by molar-refractivity contribution is 7.90. The lowest BCUT2D eigenvalue weighted by Crippen LogP contribution is -2.14. The fraction of sp³-hybridized carbons (Fsp3) is 0.235. The molecule has 0 aliphatic heterocycles. The van der Waals surface area contributed by atoms with E-state index in [2.05, 4.69) is 15.1 Å². The van der Waals surface area contributed by atoms with E-state index in [9.17, 15) is 8.42 Å². The predicted molar refractivity (Wildman–Crippen MR) is 96.4 cm³/mol. The molecule has 0 saturated carbocycles. The Morgan fingerprint density at radius 3 is 2.56 bits per heavy atom. The average molecular weight is 377 g/mol. The summed E-state index contributed by atoms with van der Waals surface area (Å²) in [6.45, 7) is 3.35. The molecule has 0 bridgehead atoms. The molecule has 1 atom stereocenters. The van der Waals surface area contributed by atoms with Crippen molar-refractivity contribution in [3.63, 3.8) is 0 Å². The summed E-state index contributed by atoms with van der Waals surface area (Å²) < 4.78 is 27.1. The van der Waals surface area contributed by atoms with Gasteiger partial charge >= 0.3 is 0 Å². The van der Waals surface area contributed by atoms with Crippen molar-refractivity contribution >= 4 is 21.4 Å². The Bertz CT molecular complexity index is 973. The van der Waals surface area contributed by atoms with Crippen molar-refractivity contribution in [2.75, 3.05) is 0 Å². The Morgan fingerprint density at radius 1 is 1.20 bits per heavy atom. The molecule has 0 N–H and O–H groups in total. The standard InChI is InChI=1S/C17H17ClN4O2S/c1-12-15(17(18)22(21-12)14-6-4-3-5-7-14)11-25(23,24)13(2)16-10-19-8-9-20-16/h3-10,13H,11H2,1-2H3/t13-/m0/s1. The van der Waals surface area contributed by atoms with Crippen LogP contribution in [0.25, 0.3) is 5.69 Å². The van der Waals surface area contributed by atoms with Crippen molar-refractivity contribution in [1.82, 2.24) is 19.7 Å². The summed E-state index contributed by atoms with van der Waals surface area (Å²) in [5, 5.41) is 3.91. The molecular weight excluding hydrogens is 360 g/mol. The lowest BCUT2D eigenvalue weighted by atomic mass is 10.3. The minimum Gasteiger partial charge on any atom is -0.261 e. The molecule has 0 saturated heterocycles. The number of aromatic nitrogens is 4. The molecule has 0 spiro atoms.